The van der Waals surface area contributed by atoms with Gasteiger partial charge in [-0.2, -0.15) is 5.10 Å². The molecule has 2 aromatic carbocycles. The molecule has 0 aliphatic carbocycles. The summed E-state index contributed by atoms with van der Waals surface area (Å²) < 4.78 is 0.864. The van der Waals surface area contributed by atoms with E-state index in [0.29, 0.717) is 44.6 Å². The van der Waals surface area contributed by atoms with E-state index < -0.39 is 5.41 Å². The molecule has 3 amide bonds. The number of carbonyl (C=O) groups is 3. The molecule has 3 aliphatic heterocycles. The lowest BCUT2D eigenvalue weighted by molar-refractivity contribution is -0.133. The smallest absolute Gasteiger partial charge is 0.253 e. The molecular weight excluding hydrogens is 560 g/mol. The Morgan fingerprint density at radius 1 is 1.05 bits per heavy atom. The largest absolute Gasteiger partial charge is 0.365 e. The summed E-state index contributed by atoms with van der Waals surface area (Å²) in [7, 11) is 0. The third-order valence-electron chi connectivity index (χ3n) is 8.58. The molecule has 0 unspecified atom stereocenters. The predicted octanol–water partition coefficient (Wildman–Crippen LogP) is 3.76. The van der Waals surface area contributed by atoms with E-state index in [1.807, 2.05) is 58.5 Å². The molecule has 1 saturated heterocycles. The van der Waals surface area contributed by atoms with Gasteiger partial charge in [0.15, 0.2) is 0 Å². The fourth-order valence-corrected chi connectivity index (χ4v) is 7.19. The molecule has 39 heavy (non-hydrogen) atoms. The summed E-state index contributed by atoms with van der Waals surface area (Å²) in [5.74, 6) is -0.156. The van der Waals surface area contributed by atoms with Crippen LogP contribution in [0.2, 0.25) is 0 Å². The number of rotatable bonds is 3. The van der Waals surface area contributed by atoms with Gasteiger partial charge < -0.3 is 19.7 Å². The number of aromatic nitrogens is 3. The lowest BCUT2D eigenvalue weighted by Gasteiger charge is -2.39. The number of benzene rings is 2. The summed E-state index contributed by atoms with van der Waals surface area (Å²) in [5.41, 5.74) is 4.75. The number of H-pyrrole nitrogens is 2. The number of piperidine rings is 1. The number of hydrogen-bond acceptors (Lipinski definition) is 4. The zero-order chi connectivity index (χ0) is 26.7. The molecule has 4 aromatic rings. The molecular formula is C29H27BrN6O3. The SMILES string of the molecule is O=C(CN1C(=O)C2(CCN(C(=O)c3ccc4[nH]ncc4c3)CC2)c2c(Br)cccc21)N1CCc2[nH]ccc2C1. The zero-order valence-corrected chi connectivity index (χ0v) is 22.8. The van der Waals surface area contributed by atoms with Crippen molar-refractivity contribution in [3.8, 4) is 0 Å². The minimum atomic E-state index is -0.767. The molecule has 2 aromatic heterocycles. The maximum absolute atomic E-state index is 14.1. The van der Waals surface area contributed by atoms with Gasteiger partial charge in [0.2, 0.25) is 11.8 Å². The Morgan fingerprint density at radius 3 is 2.74 bits per heavy atom. The summed E-state index contributed by atoms with van der Waals surface area (Å²) >= 11 is 3.70. The van der Waals surface area contributed by atoms with E-state index in [-0.39, 0.29) is 24.3 Å². The molecule has 10 heteroatoms. The van der Waals surface area contributed by atoms with Crippen LogP contribution in [0.15, 0.2) is 59.3 Å². The maximum atomic E-state index is 14.1. The highest BCUT2D eigenvalue weighted by Crippen LogP contribution is 2.51. The molecule has 3 aliphatic rings. The van der Waals surface area contributed by atoms with Gasteiger partial charge in [-0.3, -0.25) is 19.5 Å². The molecule has 1 fully saturated rings. The number of fused-ring (bicyclic) bond motifs is 4. The minimum absolute atomic E-state index is 0.0111. The topological polar surface area (TPSA) is 105 Å². The normalized spacial score (nSPS) is 18.1. The highest BCUT2D eigenvalue weighted by molar-refractivity contribution is 9.10. The van der Waals surface area contributed by atoms with Crippen molar-refractivity contribution in [2.45, 2.75) is 31.2 Å². The number of halogens is 1. The lowest BCUT2D eigenvalue weighted by atomic mass is 9.73. The number of amides is 3. The first-order valence-electron chi connectivity index (χ1n) is 13.2. The van der Waals surface area contributed by atoms with Gasteiger partial charge in [-0.25, -0.2) is 0 Å². The lowest BCUT2D eigenvalue weighted by Crippen LogP contribution is -2.52. The van der Waals surface area contributed by atoms with Crippen molar-refractivity contribution in [2.75, 3.05) is 31.1 Å². The average molecular weight is 587 g/mol. The third-order valence-corrected chi connectivity index (χ3v) is 9.24. The van der Waals surface area contributed by atoms with Crippen molar-refractivity contribution in [1.82, 2.24) is 25.0 Å². The molecule has 0 bridgehead atoms. The predicted molar refractivity (Wildman–Crippen MR) is 149 cm³/mol. The van der Waals surface area contributed by atoms with Crippen LogP contribution in [0, 0.1) is 0 Å². The maximum Gasteiger partial charge on any atom is 0.253 e. The van der Waals surface area contributed by atoms with Crippen LogP contribution in [0.4, 0.5) is 5.69 Å². The van der Waals surface area contributed by atoms with Crippen LogP contribution in [0.1, 0.15) is 40.0 Å². The monoisotopic (exact) mass is 586 g/mol. The fourth-order valence-electron chi connectivity index (χ4n) is 6.45. The van der Waals surface area contributed by atoms with E-state index in [1.165, 1.54) is 5.69 Å². The summed E-state index contributed by atoms with van der Waals surface area (Å²) in [6.07, 6.45) is 5.41. The molecule has 0 radical (unpaired) electrons. The van der Waals surface area contributed by atoms with E-state index in [2.05, 4.69) is 31.1 Å². The Balaban J connectivity index is 1.12. The van der Waals surface area contributed by atoms with Crippen LogP contribution in [0.25, 0.3) is 10.9 Å². The molecule has 5 heterocycles. The number of nitrogens with one attached hydrogen (secondary N) is 2. The van der Waals surface area contributed by atoms with Gasteiger partial charge in [0.1, 0.15) is 6.54 Å². The van der Waals surface area contributed by atoms with Crippen LogP contribution in [-0.2, 0) is 28.0 Å². The van der Waals surface area contributed by atoms with Gasteiger partial charge in [-0.05, 0) is 54.8 Å². The average Bonchev–Trinajstić information content (AvgIpc) is 3.67. The summed E-state index contributed by atoms with van der Waals surface area (Å²) in [4.78, 5) is 49.5. The van der Waals surface area contributed by atoms with Crippen molar-refractivity contribution in [3.63, 3.8) is 0 Å². The van der Waals surface area contributed by atoms with Crippen LogP contribution < -0.4 is 4.90 Å². The quantitative estimate of drug-likeness (QED) is 0.381. The molecule has 1 spiro atoms. The molecule has 7 rings (SSSR count). The second-order valence-electron chi connectivity index (χ2n) is 10.6. The second-order valence-corrected chi connectivity index (χ2v) is 11.5. The highest BCUT2D eigenvalue weighted by Gasteiger charge is 2.54. The summed E-state index contributed by atoms with van der Waals surface area (Å²) in [5, 5.41) is 7.84. The van der Waals surface area contributed by atoms with Gasteiger partial charge in [0.25, 0.3) is 5.91 Å². The van der Waals surface area contributed by atoms with Crippen LogP contribution in [0.5, 0.6) is 0 Å². The Bertz CT molecular complexity index is 1630. The Morgan fingerprint density at radius 2 is 1.90 bits per heavy atom. The minimum Gasteiger partial charge on any atom is -0.365 e. The number of aromatic amines is 2. The van der Waals surface area contributed by atoms with Crippen molar-refractivity contribution in [1.29, 1.82) is 0 Å². The summed E-state index contributed by atoms with van der Waals surface area (Å²) in [6, 6.07) is 13.3. The van der Waals surface area contributed by atoms with E-state index in [4.69, 9.17) is 0 Å². The van der Waals surface area contributed by atoms with Gasteiger partial charge in [-0.1, -0.05) is 22.0 Å². The first-order chi connectivity index (χ1) is 18.9. The second kappa shape index (κ2) is 9.08. The van der Waals surface area contributed by atoms with Gasteiger partial charge in [0, 0.05) is 71.2 Å². The Hall–Kier alpha value is -3.92. The zero-order valence-electron chi connectivity index (χ0n) is 21.2. The Kier molecular flexibility index (Phi) is 5.62. The van der Waals surface area contributed by atoms with Crippen LogP contribution in [-0.4, -0.2) is 68.9 Å². The van der Waals surface area contributed by atoms with E-state index in [9.17, 15) is 14.4 Å². The first kappa shape index (κ1) is 24.1. The number of nitrogens with zero attached hydrogens (tertiary/aromatic N) is 4. The fraction of sp³-hybridized carbons (Fsp3) is 0.310. The highest BCUT2D eigenvalue weighted by atomic mass is 79.9. The summed E-state index contributed by atoms with van der Waals surface area (Å²) in [6.45, 7) is 2.11. The number of anilines is 1. The van der Waals surface area contributed by atoms with Gasteiger partial charge >= 0.3 is 0 Å². The number of hydrogen-bond donors (Lipinski definition) is 2. The van der Waals surface area contributed by atoms with Gasteiger partial charge in [0.05, 0.1) is 17.1 Å². The van der Waals surface area contributed by atoms with Crippen molar-refractivity contribution < 1.29 is 14.4 Å². The molecule has 0 atom stereocenters. The van der Waals surface area contributed by atoms with E-state index in [1.54, 1.807) is 11.1 Å². The molecule has 0 saturated carbocycles. The first-order valence-corrected chi connectivity index (χ1v) is 14.0. The Labute approximate surface area is 233 Å². The van der Waals surface area contributed by atoms with Crippen molar-refractivity contribution in [2.24, 2.45) is 0 Å². The van der Waals surface area contributed by atoms with E-state index in [0.717, 1.165) is 38.6 Å². The molecule has 9 nitrogen and oxygen atoms in total. The number of likely N-dealkylation sites (tertiary alicyclic amines) is 1. The van der Waals surface area contributed by atoms with E-state index >= 15 is 0 Å². The van der Waals surface area contributed by atoms with Crippen LogP contribution in [0.3, 0.4) is 0 Å². The van der Waals surface area contributed by atoms with Crippen LogP contribution >= 0.6 is 15.9 Å². The van der Waals surface area contributed by atoms with Gasteiger partial charge in [-0.15, -0.1) is 0 Å². The molecule has 198 valence electrons. The van der Waals surface area contributed by atoms with Crippen molar-refractivity contribution >= 4 is 50.2 Å². The van der Waals surface area contributed by atoms with Crippen molar-refractivity contribution in [3.05, 3.63) is 81.7 Å². The standard InChI is InChI=1S/C29H27BrN6O3/c30-21-2-1-3-24-26(21)29(28(39)36(24)17-25(37)35-11-7-22-19(16-35)6-10-31-22)8-12-34(13-9-29)27(38)18-4-5-23-20(14-18)15-32-33-23/h1-6,10,14-15,31H,7-9,11-13,16-17H2,(H,32,33). The third kappa shape index (κ3) is 3.80. The number of carbonyl (C=O) groups excluding carboxylic acids is 3. The molecule has 2 N–H and O–H groups in total.